The van der Waals surface area contributed by atoms with Crippen molar-refractivity contribution < 1.29 is 12.8 Å². The fourth-order valence-electron chi connectivity index (χ4n) is 3.01. The molecule has 0 saturated heterocycles. The van der Waals surface area contributed by atoms with Gasteiger partial charge in [0.2, 0.25) is 0 Å². The molecule has 0 saturated carbocycles. The van der Waals surface area contributed by atoms with Crippen molar-refractivity contribution in [3.63, 3.8) is 0 Å². The summed E-state index contributed by atoms with van der Waals surface area (Å²) in [6.45, 7) is 7.83. The van der Waals surface area contributed by atoms with E-state index < -0.39 is 10.0 Å². The zero-order valence-corrected chi connectivity index (χ0v) is 17.2. The monoisotopic (exact) mass is 401 g/mol. The van der Waals surface area contributed by atoms with Crippen LogP contribution in [0.1, 0.15) is 42.3 Å². The van der Waals surface area contributed by atoms with Gasteiger partial charge in [-0.15, -0.1) is 0 Å². The molecule has 1 heterocycles. The molecular formula is C21H24FN3O2S. The number of sulfonamides is 1. The van der Waals surface area contributed by atoms with E-state index in [4.69, 9.17) is 0 Å². The molecule has 0 bridgehead atoms. The molecule has 3 aromatic rings. The van der Waals surface area contributed by atoms with Crippen LogP contribution in [-0.2, 0) is 16.6 Å². The Morgan fingerprint density at radius 1 is 1.07 bits per heavy atom. The summed E-state index contributed by atoms with van der Waals surface area (Å²) in [7, 11) is -3.75. The van der Waals surface area contributed by atoms with E-state index in [2.05, 4.69) is 23.7 Å². The summed E-state index contributed by atoms with van der Waals surface area (Å²) < 4.78 is 43.8. The summed E-state index contributed by atoms with van der Waals surface area (Å²) >= 11 is 0. The van der Waals surface area contributed by atoms with Crippen molar-refractivity contribution in [3.05, 3.63) is 76.9 Å². The van der Waals surface area contributed by atoms with Crippen LogP contribution in [0.4, 0.5) is 10.1 Å². The summed E-state index contributed by atoms with van der Waals surface area (Å²) in [4.78, 5) is 0.192. The highest BCUT2D eigenvalue weighted by molar-refractivity contribution is 7.92. The van der Waals surface area contributed by atoms with Crippen LogP contribution in [0.2, 0.25) is 0 Å². The number of aromatic nitrogens is 2. The van der Waals surface area contributed by atoms with Crippen LogP contribution in [-0.4, -0.2) is 18.2 Å². The van der Waals surface area contributed by atoms with Crippen LogP contribution in [0.3, 0.4) is 0 Å². The Balaban J connectivity index is 1.88. The lowest BCUT2D eigenvalue weighted by Gasteiger charge is -2.11. The molecule has 5 nitrogen and oxygen atoms in total. The van der Waals surface area contributed by atoms with Gasteiger partial charge in [0.15, 0.2) is 0 Å². The Morgan fingerprint density at radius 3 is 2.32 bits per heavy atom. The van der Waals surface area contributed by atoms with Gasteiger partial charge in [-0.05, 0) is 43.5 Å². The number of hydrogen-bond acceptors (Lipinski definition) is 3. The normalized spacial score (nSPS) is 11.8. The zero-order chi connectivity index (χ0) is 20.5. The number of benzene rings is 2. The number of anilines is 1. The molecule has 0 unspecified atom stereocenters. The van der Waals surface area contributed by atoms with Crippen molar-refractivity contribution in [2.24, 2.45) is 0 Å². The van der Waals surface area contributed by atoms with Gasteiger partial charge in [0, 0.05) is 5.56 Å². The molecule has 0 aliphatic carbocycles. The first kappa shape index (κ1) is 20.1. The summed E-state index contributed by atoms with van der Waals surface area (Å²) in [5, 5.41) is 4.38. The minimum Gasteiger partial charge on any atom is -0.276 e. The van der Waals surface area contributed by atoms with Gasteiger partial charge in [0.25, 0.3) is 10.0 Å². The SMILES string of the molecule is Cc1nn(Cc2ccccc2F)c(C)c1NS(=O)(=O)c1ccc(C(C)C)cc1. The second kappa shape index (κ2) is 7.75. The maximum absolute atomic E-state index is 13.9. The topological polar surface area (TPSA) is 64.0 Å². The fraction of sp³-hybridized carbons (Fsp3) is 0.286. The summed E-state index contributed by atoms with van der Waals surface area (Å²) in [5.41, 5.74) is 3.15. The average Bonchev–Trinajstić information content (AvgIpc) is 2.91. The van der Waals surface area contributed by atoms with Crippen molar-refractivity contribution >= 4 is 15.7 Å². The summed E-state index contributed by atoms with van der Waals surface area (Å²) in [6, 6.07) is 13.3. The Morgan fingerprint density at radius 2 is 1.71 bits per heavy atom. The van der Waals surface area contributed by atoms with Gasteiger partial charge in [-0.2, -0.15) is 5.10 Å². The molecule has 28 heavy (non-hydrogen) atoms. The van der Waals surface area contributed by atoms with Gasteiger partial charge in [0.05, 0.1) is 28.5 Å². The number of nitrogens with zero attached hydrogens (tertiary/aromatic N) is 2. The molecular weight excluding hydrogens is 377 g/mol. The molecule has 0 aliphatic rings. The highest BCUT2D eigenvalue weighted by atomic mass is 32.2. The number of nitrogens with one attached hydrogen (secondary N) is 1. The second-order valence-corrected chi connectivity index (χ2v) is 8.81. The third-order valence-electron chi connectivity index (χ3n) is 4.75. The van der Waals surface area contributed by atoms with Crippen molar-refractivity contribution in [1.29, 1.82) is 0 Å². The molecule has 0 radical (unpaired) electrons. The lowest BCUT2D eigenvalue weighted by Crippen LogP contribution is -2.14. The minimum absolute atomic E-state index is 0.192. The lowest BCUT2D eigenvalue weighted by molar-refractivity contribution is 0.579. The standard InChI is InChI=1S/C21H24FN3O2S/c1-14(2)17-9-11-19(12-10-17)28(26,27)24-21-15(3)23-25(16(21)4)13-18-7-5-6-8-20(18)22/h5-12,14,24H,13H2,1-4H3. The zero-order valence-electron chi connectivity index (χ0n) is 16.4. The van der Waals surface area contributed by atoms with Crippen molar-refractivity contribution in [1.82, 2.24) is 9.78 Å². The van der Waals surface area contributed by atoms with Gasteiger partial charge < -0.3 is 0 Å². The van der Waals surface area contributed by atoms with Gasteiger partial charge in [-0.25, -0.2) is 12.8 Å². The largest absolute Gasteiger partial charge is 0.276 e. The van der Waals surface area contributed by atoms with E-state index >= 15 is 0 Å². The predicted octanol–water partition coefficient (Wildman–Crippen LogP) is 4.61. The molecule has 148 valence electrons. The van der Waals surface area contributed by atoms with Crippen LogP contribution >= 0.6 is 0 Å². The Hall–Kier alpha value is -2.67. The van der Waals surface area contributed by atoms with Gasteiger partial charge in [-0.1, -0.05) is 44.2 Å². The predicted molar refractivity (Wildman–Crippen MR) is 109 cm³/mol. The van der Waals surface area contributed by atoms with Crippen molar-refractivity contribution in [3.8, 4) is 0 Å². The van der Waals surface area contributed by atoms with E-state index in [1.54, 1.807) is 48.9 Å². The average molecular weight is 402 g/mol. The Bertz CT molecular complexity index is 1090. The summed E-state index contributed by atoms with van der Waals surface area (Å²) in [6.07, 6.45) is 0. The fourth-order valence-corrected chi connectivity index (χ4v) is 4.19. The molecule has 0 spiro atoms. The van der Waals surface area contributed by atoms with Gasteiger partial charge in [-0.3, -0.25) is 9.40 Å². The third kappa shape index (κ3) is 4.09. The minimum atomic E-state index is -3.75. The van der Waals surface area contributed by atoms with Crippen LogP contribution in [0, 0.1) is 19.7 Å². The smallest absolute Gasteiger partial charge is 0.262 e. The first-order chi connectivity index (χ1) is 13.2. The van der Waals surface area contributed by atoms with E-state index in [1.807, 2.05) is 12.1 Å². The first-order valence-corrected chi connectivity index (χ1v) is 10.6. The first-order valence-electron chi connectivity index (χ1n) is 9.09. The number of halogens is 1. The number of aryl methyl sites for hydroxylation is 1. The molecule has 0 fully saturated rings. The van der Waals surface area contributed by atoms with Crippen LogP contribution in [0.15, 0.2) is 53.4 Å². The van der Waals surface area contributed by atoms with E-state index in [-0.39, 0.29) is 17.3 Å². The van der Waals surface area contributed by atoms with E-state index in [9.17, 15) is 12.8 Å². The molecule has 2 aromatic carbocycles. The molecule has 0 atom stereocenters. The molecule has 7 heteroatoms. The van der Waals surface area contributed by atoms with E-state index in [0.717, 1.165) is 5.56 Å². The van der Waals surface area contributed by atoms with E-state index in [1.165, 1.54) is 6.07 Å². The van der Waals surface area contributed by atoms with Crippen LogP contribution in [0.5, 0.6) is 0 Å². The molecule has 0 amide bonds. The van der Waals surface area contributed by atoms with Crippen LogP contribution < -0.4 is 4.72 Å². The van der Waals surface area contributed by atoms with Crippen LogP contribution in [0.25, 0.3) is 0 Å². The molecule has 3 rings (SSSR count). The number of hydrogen-bond donors (Lipinski definition) is 1. The highest BCUT2D eigenvalue weighted by Gasteiger charge is 2.20. The summed E-state index contributed by atoms with van der Waals surface area (Å²) in [5.74, 6) is 0.00763. The maximum atomic E-state index is 13.9. The number of rotatable bonds is 6. The molecule has 1 aromatic heterocycles. The van der Waals surface area contributed by atoms with E-state index in [0.29, 0.717) is 28.6 Å². The van der Waals surface area contributed by atoms with Gasteiger partial charge in [0.1, 0.15) is 5.82 Å². The highest BCUT2D eigenvalue weighted by Crippen LogP contribution is 2.25. The quantitative estimate of drug-likeness (QED) is 0.656. The molecule has 0 aliphatic heterocycles. The second-order valence-electron chi connectivity index (χ2n) is 7.12. The Labute approximate surface area is 165 Å². The van der Waals surface area contributed by atoms with Gasteiger partial charge >= 0.3 is 0 Å². The van der Waals surface area contributed by atoms with Crippen molar-refractivity contribution in [2.75, 3.05) is 4.72 Å². The Kier molecular flexibility index (Phi) is 5.56. The lowest BCUT2D eigenvalue weighted by atomic mass is 10.0. The molecule has 1 N–H and O–H groups in total. The third-order valence-corrected chi connectivity index (χ3v) is 6.12. The maximum Gasteiger partial charge on any atom is 0.262 e. The van der Waals surface area contributed by atoms with Crippen molar-refractivity contribution in [2.45, 2.75) is 45.1 Å².